The van der Waals surface area contributed by atoms with Crippen LogP contribution in [-0.4, -0.2) is 37.3 Å². The fourth-order valence-electron chi connectivity index (χ4n) is 1.99. The number of carbonyl (C=O) groups is 1. The average Bonchev–Trinajstić information content (AvgIpc) is 2.85. The van der Waals surface area contributed by atoms with Crippen LogP contribution in [0.25, 0.3) is 0 Å². The zero-order valence-corrected chi connectivity index (χ0v) is 15.3. The summed E-state index contributed by atoms with van der Waals surface area (Å²) in [5.74, 6) is -0.274. The van der Waals surface area contributed by atoms with Gasteiger partial charge in [0, 0.05) is 31.7 Å². The molecule has 0 bridgehead atoms. The highest BCUT2D eigenvalue weighted by Crippen LogP contribution is 2.13. The molecule has 0 aliphatic rings. The van der Waals surface area contributed by atoms with E-state index in [9.17, 15) is 18.0 Å². The van der Waals surface area contributed by atoms with Gasteiger partial charge in [0.25, 0.3) is 0 Å². The van der Waals surface area contributed by atoms with Crippen molar-refractivity contribution in [3.05, 3.63) is 50.6 Å². The maximum absolute atomic E-state index is 12.0. The summed E-state index contributed by atoms with van der Waals surface area (Å²) in [6.45, 7) is 2.01. The van der Waals surface area contributed by atoms with Crippen molar-refractivity contribution in [3.8, 4) is 0 Å². The van der Waals surface area contributed by atoms with Gasteiger partial charge in [0.15, 0.2) is 0 Å². The third-order valence-corrected chi connectivity index (χ3v) is 6.18. The summed E-state index contributed by atoms with van der Waals surface area (Å²) in [6.07, 6.45) is 0. The number of rotatable bonds is 6. The van der Waals surface area contributed by atoms with Crippen LogP contribution in [0, 0.1) is 6.92 Å². The van der Waals surface area contributed by atoms with Crippen LogP contribution in [0.15, 0.2) is 39.3 Å². The fourth-order valence-corrected chi connectivity index (χ4v) is 3.62. The number of carbonyl (C=O) groups excluding carboxylic acids is 1. The van der Waals surface area contributed by atoms with Crippen molar-refractivity contribution in [2.75, 3.05) is 14.1 Å². The second kappa shape index (κ2) is 7.29. The van der Waals surface area contributed by atoms with E-state index in [1.54, 1.807) is 24.4 Å². The van der Waals surface area contributed by atoms with Crippen molar-refractivity contribution in [2.45, 2.75) is 24.9 Å². The van der Waals surface area contributed by atoms with Gasteiger partial charge in [-0.1, -0.05) is 23.5 Å². The highest BCUT2D eigenvalue weighted by Gasteiger charge is 2.16. The smallest absolute Gasteiger partial charge is 0.307 e. The second-order valence-corrected chi connectivity index (χ2v) is 8.41. The van der Waals surface area contributed by atoms with Gasteiger partial charge in [0.05, 0.1) is 4.90 Å². The van der Waals surface area contributed by atoms with Crippen molar-refractivity contribution in [3.63, 3.8) is 0 Å². The van der Waals surface area contributed by atoms with Crippen LogP contribution in [0.3, 0.4) is 0 Å². The van der Waals surface area contributed by atoms with E-state index in [-0.39, 0.29) is 28.8 Å². The second-order valence-electron chi connectivity index (χ2n) is 5.44. The maximum Gasteiger partial charge on any atom is 0.307 e. The molecule has 1 aromatic carbocycles. The molecule has 0 aliphatic carbocycles. The molecule has 2 aromatic rings. The van der Waals surface area contributed by atoms with E-state index < -0.39 is 10.0 Å². The molecule has 0 saturated heterocycles. The van der Waals surface area contributed by atoms with Gasteiger partial charge in [0.2, 0.25) is 15.9 Å². The van der Waals surface area contributed by atoms with Crippen molar-refractivity contribution in [2.24, 2.45) is 0 Å². The number of benzene rings is 1. The number of amides is 1. The molecule has 130 valence electrons. The predicted octanol–water partition coefficient (Wildman–Crippen LogP) is 0.785. The third-order valence-electron chi connectivity index (χ3n) is 3.47. The monoisotopic (exact) mass is 369 g/mol. The van der Waals surface area contributed by atoms with Crippen LogP contribution >= 0.6 is 11.3 Å². The first-order valence-electron chi connectivity index (χ1n) is 7.15. The molecular formula is C15H19N3O4S2. The lowest BCUT2D eigenvalue weighted by Crippen LogP contribution is -2.30. The molecule has 1 amide bonds. The summed E-state index contributed by atoms with van der Waals surface area (Å²) < 4.78 is 26.5. The molecule has 9 heteroatoms. The minimum atomic E-state index is -3.46. The van der Waals surface area contributed by atoms with E-state index >= 15 is 0 Å². The number of aryl methyl sites for hydroxylation is 1. The molecule has 1 heterocycles. The van der Waals surface area contributed by atoms with Crippen LogP contribution in [0.4, 0.5) is 0 Å². The molecule has 7 nitrogen and oxygen atoms in total. The number of sulfonamides is 1. The van der Waals surface area contributed by atoms with E-state index in [0.717, 1.165) is 26.9 Å². The van der Waals surface area contributed by atoms with Gasteiger partial charge in [-0.3, -0.25) is 14.2 Å². The first-order chi connectivity index (χ1) is 11.2. The summed E-state index contributed by atoms with van der Waals surface area (Å²) >= 11 is 1.06. The zero-order valence-electron chi connectivity index (χ0n) is 13.6. The molecular weight excluding hydrogens is 350 g/mol. The Kier molecular flexibility index (Phi) is 5.58. The minimum absolute atomic E-state index is 0.0265. The van der Waals surface area contributed by atoms with Crippen molar-refractivity contribution >= 4 is 27.3 Å². The quantitative estimate of drug-likeness (QED) is 0.815. The van der Waals surface area contributed by atoms with Gasteiger partial charge in [-0.25, -0.2) is 12.7 Å². The van der Waals surface area contributed by atoms with E-state index in [1.165, 1.54) is 30.8 Å². The molecule has 1 N–H and O–H groups in total. The van der Waals surface area contributed by atoms with Crippen LogP contribution < -0.4 is 10.2 Å². The Morgan fingerprint density at radius 3 is 2.38 bits per heavy atom. The number of nitrogens with one attached hydrogen (secondary N) is 1. The number of hydrogen-bond donors (Lipinski definition) is 1. The average molecular weight is 369 g/mol. The standard InChI is InChI=1S/C15H19N3O4S2/c1-11-10-23-15(20)18(11)9-14(19)16-8-12-4-6-13(7-5-12)24(21,22)17(2)3/h4-7,10H,8-9H2,1-3H3,(H,16,19). The van der Waals surface area contributed by atoms with E-state index in [0.29, 0.717) is 0 Å². The van der Waals surface area contributed by atoms with Crippen LogP contribution in [0.2, 0.25) is 0 Å². The van der Waals surface area contributed by atoms with Gasteiger partial charge >= 0.3 is 4.87 Å². The molecule has 0 saturated carbocycles. The lowest BCUT2D eigenvalue weighted by Gasteiger charge is -2.12. The van der Waals surface area contributed by atoms with Gasteiger partial charge in [-0.05, 0) is 24.6 Å². The summed E-state index contributed by atoms with van der Waals surface area (Å²) in [6, 6.07) is 6.31. The molecule has 0 unspecified atom stereocenters. The summed E-state index contributed by atoms with van der Waals surface area (Å²) in [5.41, 5.74) is 1.52. The molecule has 0 aliphatic heterocycles. The van der Waals surface area contributed by atoms with Gasteiger partial charge < -0.3 is 5.32 Å². The van der Waals surface area contributed by atoms with Gasteiger partial charge in [-0.15, -0.1) is 0 Å². The minimum Gasteiger partial charge on any atom is -0.350 e. The molecule has 24 heavy (non-hydrogen) atoms. The summed E-state index contributed by atoms with van der Waals surface area (Å²) in [4.78, 5) is 23.5. The third kappa shape index (κ3) is 4.11. The van der Waals surface area contributed by atoms with Crippen LogP contribution in [-0.2, 0) is 27.9 Å². The van der Waals surface area contributed by atoms with E-state index in [4.69, 9.17) is 0 Å². The Bertz CT molecular complexity index is 880. The molecule has 1 aromatic heterocycles. The number of hydrogen-bond acceptors (Lipinski definition) is 5. The normalized spacial score (nSPS) is 11.7. The van der Waals surface area contributed by atoms with Gasteiger partial charge in [-0.2, -0.15) is 0 Å². The molecule has 0 fully saturated rings. The summed E-state index contributed by atoms with van der Waals surface area (Å²) in [7, 11) is -0.520. The zero-order chi connectivity index (χ0) is 17.9. The maximum atomic E-state index is 12.0. The van der Waals surface area contributed by atoms with Crippen LogP contribution in [0.1, 0.15) is 11.3 Å². The Hall–Kier alpha value is -1.97. The Morgan fingerprint density at radius 2 is 1.88 bits per heavy atom. The molecule has 0 spiro atoms. The number of nitrogens with zero attached hydrogens (tertiary/aromatic N) is 2. The molecule has 0 radical (unpaired) electrons. The Labute approximate surface area is 144 Å². The first kappa shape index (κ1) is 18.4. The highest BCUT2D eigenvalue weighted by molar-refractivity contribution is 7.89. The fraction of sp³-hybridized carbons (Fsp3) is 0.333. The van der Waals surface area contributed by atoms with Crippen molar-refractivity contribution in [1.29, 1.82) is 0 Å². The van der Waals surface area contributed by atoms with Crippen molar-refractivity contribution < 1.29 is 13.2 Å². The van der Waals surface area contributed by atoms with Crippen molar-refractivity contribution in [1.82, 2.24) is 14.2 Å². The SMILES string of the molecule is Cc1csc(=O)n1CC(=O)NCc1ccc(S(=O)(=O)N(C)C)cc1. The lowest BCUT2D eigenvalue weighted by atomic mass is 10.2. The summed E-state index contributed by atoms with van der Waals surface area (Å²) in [5, 5.41) is 4.43. The Morgan fingerprint density at radius 1 is 1.25 bits per heavy atom. The highest BCUT2D eigenvalue weighted by atomic mass is 32.2. The molecule has 0 atom stereocenters. The van der Waals surface area contributed by atoms with E-state index in [1.807, 2.05) is 0 Å². The predicted molar refractivity (Wildman–Crippen MR) is 92.5 cm³/mol. The first-order valence-corrected chi connectivity index (χ1v) is 9.47. The topological polar surface area (TPSA) is 88.5 Å². The lowest BCUT2D eigenvalue weighted by molar-refractivity contribution is -0.121. The Balaban J connectivity index is 1.98. The number of thiazole rings is 1. The van der Waals surface area contributed by atoms with Gasteiger partial charge in [0.1, 0.15) is 6.54 Å². The number of aromatic nitrogens is 1. The van der Waals surface area contributed by atoms with E-state index in [2.05, 4.69) is 5.32 Å². The molecule has 2 rings (SSSR count). The van der Waals surface area contributed by atoms with Crippen LogP contribution in [0.5, 0.6) is 0 Å². The largest absolute Gasteiger partial charge is 0.350 e.